The lowest BCUT2D eigenvalue weighted by Crippen LogP contribution is -2.33. The molecular formula is C9H19NO2. The van der Waals surface area contributed by atoms with Crippen LogP contribution in [0, 0.1) is 0 Å². The normalized spacial score (nSPS) is 26.5. The van der Waals surface area contributed by atoms with Gasteiger partial charge in [-0.3, -0.25) is 0 Å². The molecule has 0 radical (unpaired) electrons. The number of aliphatic hydroxyl groups excluding tert-OH is 1. The summed E-state index contributed by atoms with van der Waals surface area (Å²) in [5.74, 6) is 0. The van der Waals surface area contributed by atoms with Crippen LogP contribution in [0.25, 0.3) is 0 Å². The van der Waals surface area contributed by atoms with Crippen molar-refractivity contribution in [3.05, 3.63) is 0 Å². The van der Waals surface area contributed by atoms with Gasteiger partial charge in [0.05, 0.1) is 12.2 Å². The molecule has 0 aromatic carbocycles. The van der Waals surface area contributed by atoms with Crippen LogP contribution in [0.4, 0.5) is 0 Å². The summed E-state index contributed by atoms with van der Waals surface area (Å²) in [5.41, 5.74) is 0. The molecule has 1 saturated heterocycles. The largest absolute Gasteiger partial charge is 0.392 e. The maximum Gasteiger partial charge on any atom is 0.0702 e. The summed E-state index contributed by atoms with van der Waals surface area (Å²) in [4.78, 5) is 2.13. The first-order valence-electron chi connectivity index (χ1n) is 4.66. The molecule has 1 aliphatic rings. The average Bonchev–Trinajstić information content (AvgIpc) is 2.37. The van der Waals surface area contributed by atoms with E-state index >= 15 is 0 Å². The molecule has 3 nitrogen and oxygen atoms in total. The minimum atomic E-state index is -0.239. The number of likely N-dealkylation sites (N-methyl/N-ethyl adjacent to an activating group) is 1. The SMILES string of the molecule is C[C@H](O)CN(C)CC1CCCO1. The van der Waals surface area contributed by atoms with E-state index in [4.69, 9.17) is 9.84 Å². The molecule has 0 aromatic rings. The van der Waals surface area contributed by atoms with Gasteiger partial charge in [-0.05, 0) is 26.8 Å². The molecule has 1 aliphatic heterocycles. The highest BCUT2D eigenvalue weighted by Gasteiger charge is 2.17. The van der Waals surface area contributed by atoms with Crippen molar-refractivity contribution in [2.45, 2.75) is 32.0 Å². The van der Waals surface area contributed by atoms with Crippen molar-refractivity contribution >= 4 is 0 Å². The molecule has 1 N–H and O–H groups in total. The van der Waals surface area contributed by atoms with Gasteiger partial charge < -0.3 is 14.7 Å². The number of ether oxygens (including phenoxy) is 1. The molecule has 0 bridgehead atoms. The van der Waals surface area contributed by atoms with Gasteiger partial charge in [0.2, 0.25) is 0 Å². The molecule has 0 aromatic heterocycles. The van der Waals surface area contributed by atoms with E-state index in [1.54, 1.807) is 0 Å². The van der Waals surface area contributed by atoms with E-state index in [0.717, 1.165) is 19.7 Å². The predicted molar refractivity (Wildman–Crippen MR) is 48.2 cm³/mol. The molecule has 1 fully saturated rings. The smallest absolute Gasteiger partial charge is 0.0702 e. The van der Waals surface area contributed by atoms with Crippen LogP contribution in [-0.4, -0.2) is 49.0 Å². The molecular weight excluding hydrogens is 154 g/mol. The van der Waals surface area contributed by atoms with E-state index in [1.807, 2.05) is 14.0 Å². The fraction of sp³-hybridized carbons (Fsp3) is 1.00. The Morgan fingerprint density at radius 1 is 1.67 bits per heavy atom. The van der Waals surface area contributed by atoms with Gasteiger partial charge in [0.1, 0.15) is 0 Å². The highest BCUT2D eigenvalue weighted by molar-refractivity contribution is 4.69. The van der Waals surface area contributed by atoms with Gasteiger partial charge in [0.15, 0.2) is 0 Å². The summed E-state index contributed by atoms with van der Waals surface area (Å²) >= 11 is 0. The first kappa shape index (κ1) is 9.96. The van der Waals surface area contributed by atoms with Gasteiger partial charge in [0.25, 0.3) is 0 Å². The Hall–Kier alpha value is -0.120. The molecule has 1 rings (SSSR count). The second kappa shape index (κ2) is 4.80. The lowest BCUT2D eigenvalue weighted by Gasteiger charge is -2.21. The highest BCUT2D eigenvalue weighted by atomic mass is 16.5. The fourth-order valence-electron chi connectivity index (χ4n) is 1.66. The van der Waals surface area contributed by atoms with Crippen molar-refractivity contribution in [3.8, 4) is 0 Å². The highest BCUT2D eigenvalue weighted by Crippen LogP contribution is 2.12. The fourth-order valence-corrected chi connectivity index (χ4v) is 1.66. The lowest BCUT2D eigenvalue weighted by atomic mass is 10.2. The number of hydrogen-bond donors (Lipinski definition) is 1. The Balaban J connectivity index is 2.11. The van der Waals surface area contributed by atoms with Crippen molar-refractivity contribution < 1.29 is 9.84 Å². The molecule has 3 heteroatoms. The molecule has 0 spiro atoms. The zero-order valence-corrected chi connectivity index (χ0v) is 7.99. The summed E-state index contributed by atoms with van der Waals surface area (Å²) in [6.45, 7) is 4.41. The van der Waals surface area contributed by atoms with Crippen LogP contribution in [0.5, 0.6) is 0 Å². The predicted octanol–water partition coefficient (Wildman–Crippen LogP) is 0.478. The van der Waals surface area contributed by atoms with E-state index in [9.17, 15) is 0 Å². The quantitative estimate of drug-likeness (QED) is 0.671. The van der Waals surface area contributed by atoms with E-state index < -0.39 is 0 Å². The lowest BCUT2D eigenvalue weighted by molar-refractivity contribution is 0.0642. The van der Waals surface area contributed by atoms with Gasteiger partial charge in [-0.1, -0.05) is 0 Å². The molecule has 72 valence electrons. The number of hydrogen-bond acceptors (Lipinski definition) is 3. The molecule has 0 saturated carbocycles. The first-order valence-corrected chi connectivity index (χ1v) is 4.66. The molecule has 2 atom stereocenters. The van der Waals surface area contributed by atoms with E-state index in [-0.39, 0.29) is 6.10 Å². The van der Waals surface area contributed by atoms with Gasteiger partial charge in [-0.2, -0.15) is 0 Å². The van der Waals surface area contributed by atoms with Crippen LogP contribution >= 0.6 is 0 Å². The minimum Gasteiger partial charge on any atom is -0.392 e. The maximum absolute atomic E-state index is 9.11. The second-order valence-electron chi connectivity index (χ2n) is 3.71. The summed E-state index contributed by atoms with van der Waals surface area (Å²) in [5, 5.41) is 9.11. The zero-order valence-electron chi connectivity index (χ0n) is 7.99. The first-order chi connectivity index (χ1) is 5.68. The van der Waals surface area contributed by atoms with Crippen LogP contribution < -0.4 is 0 Å². The summed E-state index contributed by atoms with van der Waals surface area (Å²) < 4.78 is 5.48. The van der Waals surface area contributed by atoms with Gasteiger partial charge in [0, 0.05) is 19.7 Å². The Morgan fingerprint density at radius 2 is 2.42 bits per heavy atom. The van der Waals surface area contributed by atoms with Crippen molar-refractivity contribution in [2.24, 2.45) is 0 Å². The topological polar surface area (TPSA) is 32.7 Å². The third-order valence-electron chi connectivity index (χ3n) is 2.12. The zero-order chi connectivity index (χ0) is 8.97. The molecule has 1 unspecified atom stereocenters. The average molecular weight is 173 g/mol. The summed E-state index contributed by atoms with van der Waals surface area (Å²) in [7, 11) is 2.02. The van der Waals surface area contributed by atoms with E-state index in [1.165, 1.54) is 12.8 Å². The third-order valence-corrected chi connectivity index (χ3v) is 2.12. The Kier molecular flexibility index (Phi) is 3.98. The van der Waals surface area contributed by atoms with Gasteiger partial charge in [-0.15, -0.1) is 0 Å². The van der Waals surface area contributed by atoms with Crippen molar-refractivity contribution in [1.82, 2.24) is 4.90 Å². The Morgan fingerprint density at radius 3 is 2.92 bits per heavy atom. The van der Waals surface area contributed by atoms with Crippen molar-refractivity contribution in [2.75, 3.05) is 26.7 Å². The van der Waals surface area contributed by atoms with Gasteiger partial charge in [-0.25, -0.2) is 0 Å². The molecule has 12 heavy (non-hydrogen) atoms. The Labute approximate surface area is 74.3 Å². The molecule has 0 aliphatic carbocycles. The second-order valence-corrected chi connectivity index (χ2v) is 3.71. The number of nitrogens with zero attached hydrogens (tertiary/aromatic N) is 1. The van der Waals surface area contributed by atoms with Crippen LogP contribution in [0.3, 0.4) is 0 Å². The standard InChI is InChI=1S/C9H19NO2/c1-8(11)6-10(2)7-9-4-3-5-12-9/h8-9,11H,3-7H2,1-2H3/t8-,9?/m0/s1. The number of aliphatic hydroxyl groups is 1. The van der Waals surface area contributed by atoms with Crippen LogP contribution in [-0.2, 0) is 4.74 Å². The molecule has 0 amide bonds. The Bertz CT molecular complexity index is 122. The van der Waals surface area contributed by atoms with Gasteiger partial charge >= 0.3 is 0 Å². The van der Waals surface area contributed by atoms with Crippen LogP contribution in [0.15, 0.2) is 0 Å². The van der Waals surface area contributed by atoms with E-state index in [0.29, 0.717) is 6.10 Å². The van der Waals surface area contributed by atoms with Crippen LogP contribution in [0.1, 0.15) is 19.8 Å². The third kappa shape index (κ3) is 3.52. The summed E-state index contributed by atoms with van der Waals surface area (Å²) in [6.07, 6.45) is 2.52. The van der Waals surface area contributed by atoms with Crippen molar-refractivity contribution in [3.63, 3.8) is 0 Å². The monoisotopic (exact) mass is 173 g/mol. The minimum absolute atomic E-state index is 0.239. The number of rotatable bonds is 4. The molecule has 1 heterocycles. The van der Waals surface area contributed by atoms with E-state index in [2.05, 4.69) is 4.90 Å². The van der Waals surface area contributed by atoms with Crippen LogP contribution in [0.2, 0.25) is 0 Å². The summed E-state index contributed by atoms with van der Waals surface area (Å²) in [6, 6.07) is 0. The van der Waals surface area contributed by atoms with Crippen molar-refractivity contribution in [1.29, 1.82) is 0 Å². The maximum atomic E-state index is 9.11.